The zero-order valence-corrected chi connectivity index (χ0v) is 15.1. The van der Waals surface area contributed by atoms with Crippen molar-refractivity contribution in [2.75, 3.05) is 0 Å². The van der Waals surface area contributed by atoms with Crippen LogP contribution in [-0.4, -0.2) is 15.6 Å². The molecule has 1 unspecified atom stereocenters. The van der Waals surface area contributed by atoms with Gasteiger partial charge < -0.3 is 9.67 Å². The van der Waals surface area contributed by atoms with Crippen molar-refractivity contribution in [2.45, 2.75) is 45.6 Å². The summed E-state index contributed by atoms with van der Waals surface area (Å²) in [5, 5.41) is 10.9. The van der Waals surface area contributed by atoms with Crippen molar-refractivity contribution in [3.63, 3.8) is 0 Å². The van der Waals surface area contributed by atoms with Gasteiger partial charge in [0.25, 0.3) is 0 Å². The third-order valence-electron chi connectivity index (χ3n) is 4.86. The molecule has 0 aliphatic rings. The summed E-state index contributed by atoms with van der Waals surface area (Å²) in [6.45, 7) is 6.39. The second-order valence-corrected chi connectivity index (χ2v) is 7.07. The van der Waals surface area contributed by atoms with Crippen LogP contribution in [0.5, 0.6) is 0 Å². The number of carbonyl (C=O) groups is 1. The monoisotopic (exact) mass is 335 g/mol. The predicted molar refractivity (Wildman–Crippen MR) is 102 cm³/mol. The Kier molecular flexibility index (Phi) is 4.93. The molecule has 0 amide bonds. The highest BCUT2D eigenvalue weighted by Gasteiger charge is 2.21. The van der Waals surface area contributed by atoms with Crippen LogP contribution in [0.2, 0.25) is 0 Å². The molecule has 3 nitrogen and oxygen atoms in total. The summed E-state index contributed by atoms with van der Waals surface area (Å²) in [6, 6.07) is 16.1. The van der Waals surface area contributed by atoms with Crippen molar-refractivity contribution in [2.24, 2.45) is 0 Å². The lowest BCUT2D eigenvalue weighted by Gasteiger charge is -2.16. The number of carboxylic acid groups (broad SMARTS) is 1. The molecule has 0 fully saturated rings. The van der Waals surface area contributed by atoms with Crippen molar-refractivity contribution in [3.05, 3.63) is 71.4 Å². The van der Waals surface area contributed by atoms with Crippen LogP contribution >= 0.6 is 0 Å². The molecule has 0 aliphatic carbocycles. The van der Waals surface area contributed by atoms with Gasteiger partial charge in [0.15, 0.2) is 0 Å². The van der Waals surface area contributed by atoms with E-state index in [2.05, 4.69) is 57.2 Å². The van der Waals surface area contributed by atoms with Gasteiger partial charge in [0.2, 0.25) is 0 Å². The number of hydrogen-bond acceptors (Lipinski definition) is 1. The zero-order chi connectivity index (χ0) is 18.0. The summed E-state index contributed by atoms with van der Waals surface area (Å²) in [7, 11) is 0. The fourth-order valence-corrected chi connectivity index (χ4v) is 3.25. The zero-order valence-electron chi connectivity index (χ0n) is 15.1. The second kappa shape index (κ2) is 7.14. The minimum Gasteiger partial charge on any atom is -0.480 e. The third kappa shape index (κ3) is 3.76. The molecule has 0 aliphatic heterocycles. The van der Waals surface area contributed by atoms with Gasteiger partial charge >= 0.3 is 5.97 Å². The summed E-state index contributed by atoms with van der Waals surface area (Å²) < 4.78 is 1.90. The van der Waals surface area contributed by atoms with E-state index in [1.807, 2.05) is 22.9 Å². The minimum atomic E-state index is -0.780. The molecule has 1 heterocycles. The van der Waals surface area contributed by atoms with Crippen LogP contribution in [0.25, 0.3) is 10.9 Å². The van der Waals surface area contributed by atoms with Crippen LogP contribution in [0.4, 0.5) is 0 Å². The molecule has 2 aromatic carbocycles. The highest BCUT2D eigenvalue weighted by Crippen LogP contribution is 2.27. The Labute approximate surface area is 148 Å². The first-order valence-electron chi connectivity index (χ1n) is 8.84. The van der Waals surface area contributed by atoms with Crippen molar-refractivity contribution in [1.82, 2.24) is 4.57 Å². The second-order valence-electron chi connectivity index (χ2n) is 7.07. The number of aromatic nitrogens is 1. The van der Waals surface area contributed by atoms with E-state index in [4.69, 9.17) is 0 Å². The van der Waals surface area contributed by atoms with E-state index in [1.54, 1.807) is 0 Å². The Morgan fingerprint density at radius 2 is 1.80 bits per heavy atom. The maximum Gasteiger partial charge on any atom is 0.326 e. The molecule has 0 saturated heterocycles. The SMILES string of the molecule is Cc1ccc(CCC(C(=O)O)n2ccc3cc(C(C)C)ccc32)cc1. The van der Waals surface area contributed by atoms with Gasteiger partial charge in [0.05, 0.1) is 0 Å². The number of benzene rings is 2. The quantitative estimate of drug-likeness (QED) is 0.661. The normalized spacial score (nSPS) is 12.6. The lowest BCUT2D eigenvalue weighted by atomic mass is 10.0. The molecule has 3 heteroatoms. The highest BCUT2D eigenvalue weighted by atomic mass is 16.4. The first kappa shape index (κ1) is 17.3. The van der Waals surface area contributed by atoms with Crippen molar-refractivity contribution < 1.29 is 9.90 Å². The van der Waals surface area contributed by atoms with Crippen LogP contribution in [0, 0.1) is 6.92 Å². The van der Waals surface area contributed by atoms with Gasteiger partial charge in [-0.2, -0.15) is 0 Å². The number of nitrogens with zero attached hydrogens (tertiary/aromatic N) is 1. The maximum absolute atomic E-state index is 11.9. The highest BCUT2D eigenvalue weighted by molar-refractivity contribution is 5.83. The van der Waals surface area contributed by atoms with Crippen molar-refractivity contribution in [1.29, 1.82) is 0 Å². The molecule has 25 heavy (non-hydrogen) atoms. The largest absolute Gasteiger partial charge is 0.480 e. The molecule has 130 valence electrons. The number of rotatable bonds is 6. The number of carboxylic acids is 1. The number of fused-ring (bicyclic) bond motifs is 1. The third-order valence-corrected chi connectivity index (χ3v) is 4.86. The van der Waals surface area contributed by atoms with Gasteiger partial charge in [-0.1, -0.05) is 49.7 Å². The van der Waals surface area contributed by atoms with E-state index in [9.17, 15) is 9.90 Å². The molecule has 1 N–H and O–H groups in total. The molecular formula is C22H25NO2. The Morgan fingerprint density at radius 3 is 2.44 bits per heavy atom. The van der Waals surface area contributed by atoms with E-state index in [-0.39, 0.29) is 0 Å². The van der Waals surface area contributed by atoms with Gasteiger partial charge in [-0.05, 0) is 60.4 Å². The number of hydrogen-bond donors (Lipinski definition) is 1. The molecule has 0 spiro atoms. The predicted octanol–water partition coefficient (Wildman–Crippen LogP) is 5.33. The molecule has 0 bridgehead atoms. The van der Waals surface area contributed by atoms with E-state index in [0.717, 1.165) is 17.3 Å². The first-order valence-corrected chi connectivity index (χ1v) is 8.84. The van der Waals surface area contributed by atoms with E-state index < -0.39 is 12.0 Å². The molecule has 1 aromatic heterocycles. The maximum atomic E-state index is 11.9. The Balaban J connectivity index is 1.86. The average molecular weight is 335 g/mol. The van der Waals surface area contributed by atoms with E-state index in [0.29, 0.717) is 12.3 Å². The van der Waals surface area contributed by atoms with Crippen molar-refractivity contribution >= 4 is 16.9 Å². The van der Waals surface area contributed by atoms with Crippen LogP contribution in [0.3, 0.4) is 0 Å². The van der Waals surface area contributed by atoms with Gasteiger partial charge in [-0.3, -0.25) is 0 Å². The van der Waals surface area contributed by atoms with Crippen LogP contribution in [0.1, 0.15) is 48.9 Å². The Hall–Kier alpha value is -2.55. The Bertz CT molecular complexity index is 875. The summed E-state index contributed by atoms with van der Waals surface area (Å²) in [6.07, 6.45) is 3.23. The number of aliphatic carboxylic acids is 1. The summed E-state index contributed by atoms with van der Waals surface area (Å²) in [5.41, 5.74) is 4.66. The average Bonchev–Trinajstić information content (AvgIpc) is 2.99. The first-order chi connectivity index (χ1) is 12.0. The van der Waals surface area contributed by atoms with Gasteiger partial charge in [0, 0.05) is 11.7 Å². The van der Waals surface area contributed by atoms with Crippen molar-refractivity contribution in [3.8, 4) is 0 Å². The molecule has 3 rings (SSSR count). The lowest BCUT2D eigenvalue weighted by molar-refractivity contribution is -0.141. The molecule has 3 aromatic rings. The smallest absolute Gasteiger partial charge is 0.326 e. The fourth-order valence-electron chi connectivity index (χ4n) is 3.25. The van der Waals surface area contributed by atoms with Crippen LogP contribution in [-0.2, 0) is 11.2 Å². The number of aryl methyl sites for hydroxylation is 2. The molecule has 0 saturated carbocycles. The fraction of sp³-hybridized carbons (Fsp3) is 0.318. The van der Waals surface area contributed by atoms with Gasteiger partial charge in [-0.25, -0.2) is 4.79 Å². The van der Waals surface area contributed by atoms with Gasteiger partial charge in [0.1, 0.15) is 6.04 Å². The standard InChI is InChI=1S/C22H25NO2/c1-15(2)18-9-11-20-19(14-18)12-13-23(20)21(22(24)25)10-8-17-6-4-16(3)5-7-17/h4-7,9,11-15,21H,8,10H2,1-3H3,(H,24,25). The van der Waals surface area contributed by atoms with Crippen LogP contribution in [0.15, 0.2) is 54.7 Å². The Morgan fingerprint density at radius 1 is 1.08 bits per heavy atom. The summed E-state index contributed by atoms with van der Waals surface area (Å²) in [5.74, 6) is -0.317. The van der Waals surface area contributed by atoms with Crippen LogP contribution < -0.4 is 0 Å². The molecular weight excluding hydrogens is 310 g/mol. The van der Waals surface area contributed by atoms with Gasteiger partial charge in [-0.15, -0.1) is 0 Å². The van der Waals surface area contributed by atoms with E-state index >= 15 is 0 Å². The molecule has 0 radical (unpaired) electrons. The minimum absolute atomic E-state index is 0.463. The molecule has 1 atom stereocenters. The summed E-state index contributed by atoms with van der Waals surface area (Å²) >= 11 is 0. The topological polar surface area (TPSA) is 42.2 Å². The summed E-state index contributed by atoms with van der Waals surface area (Å²) in [4.78, 5) is 11.9. The van der Waals surface area contributed by atoms with E-state index in [1.165, 1.54) is 16.7 Å². The lowest BCUT2D eigenvalue weighted by Crippen LogP contribution is -2.19.